The van der Waals surface area contributed by atoms with Gasteiger partial charge in [-0.3, -0.25) is 0 Å². The van der Waals surface area contributed by atoms with Crippen LogP contribution in [0.3, 0.4) is 0 Å². The smallest absolute Gasteiger partial charge is 0.0541 e. The Labute approximate surface area is 272 Å². The maximum Gasteiger partial charge on any atom is 0.0541 e. The van der Waals surface area contributed by atoms with Crippen LogP contribution in [0.2, 0.25) is 0 Å². The molecule has 0 saturated heterocycles. The summed E-state index contributed by atoms with van der Waals surface area (Å²) < 4.78 is 3.54. The number of fused-ring (bicyclic) bond motifs is 3. The number of rotatable bonds is 3. The van der Waals surface area contributed by atoms with Gasteiger partial charge in [-0.1, -0.05) is 139 Å². The third-order valence-electron chi connectivity index (χ3n) is 8.90. The predicted molar refractivity (Wildman–Crippen MR) is 195 cm³/mol. The highest BCUT2D eigenvalue weighted by Gasteiger charge is 2.20. The van der Waals surface area contributed by atoms with Crippen molar-refractivity contribution in [3.63, 3.8) is 0 Å². The van der Waals surface area contributed by atoms with E-state index in [0.29, 0.717) is 0 Å². The Hall–Kier alpha value is -3.62. The summed E-state index contributed by atoms with van der Waals surface area (Å²) in [6.07, 6.45) is 0. The van der Waals surface area contributed by atoms with E-state index < -0.39 is 0 Å². The summed E-state index contributed by atoms with van der Waals surface area (Å²) in [5.74, 6) is 0. The molecule has 0 amide bonds. The van der Waals surface area contributed by atoms with Crippen molar-refractivity contribution < 1.29 is 0 Å². The Bertz CT molecular complexity index is 1900. The summed E-state index contributed by atoms with van der Waals surface area (Å²) in [5.41, 5.74) is 12.8. The van der Waals surface area contributed by atoms with Gasteiger partial charge in [-0.2, -0.15) is 0 Å². The average Bonchev–Trinajstić information content (AvgIpc) is 3.28. The molecule has 0 unspecified atom stereocenters. The molecule has 0 aliphatic rings. The number of benzene rings is 5. The lowest BCUT2D eigenvalue weighted by molar-refractivity contribution is 0.589. The molecule has 6 rings (SSSR count). The molecule has 0 fully saturated rings. The van der Waals surface area contributed by atoms with Crippen molar-refractivity contribution >= 4 is 37.7 Å². The molecule has 2 heteroatoms. The normalized spacial score (nSPS) is 12.8. The van der Waals surface area contributed by atoms with Crippen LogP contribution in [0.15, 0.2) is 108 Å². The highest BCUT2D eigenvalue weighted by Crippen LogP contribution is 2.39. The Morgan fingerprint density at radius 3 is 1.30 bits per heavy atom. The van der Waals surface area contributed by atoms with Gasteiger partial charge >= 0.3 is 0 Å². The molecule has 6 aromatic rings. The van der Waals surface area contributed by atoms with Crippen LogP contribution < -0.4 is 0 Å². The molecular formula is C42H44BrN. The van der Waals surface area contributed by atoms with Crippen LogP contribution in [0.4, 0.5) is 0 Å². The fourth-order valence-electron chi connectivity index (χ4n) is 6.13. The lowest BCUT2D eigenvalue weighted by atomic mass is 9.85. The summed E-state index contributed by atoms with van der Waals surface area (Å²) in [6.45, 7) is 20.5. The van der Waals surface area contributed by atoms with E-state index in [1.54, 1.807) is 0 Å². The second-order valence-corrected chi connectivity index (χ2v) is 16.3. The fourth-order valence-corrected chi connectivity index (χ4v) is 6.61. The molecule has 0 saturated carbocycles. The highest BCUT2D eigenvalue weighted by molar-refractivity contribution is 9.10. The molecule has 1 nitrogen and oxygen atoms in total. The zero-order chi connectivity index (χ0) is 31.6. The molecule has 0 spiro atoms. The van der Waals surface area contributed by atoms with Gasteiger partial charge in [0.15, 0.2) is 0 Å². The van der Waals surface area contributed by atoms with E-state index in [4.69, 9.17) is 0 Å². The summed E-state index contributed by atoms with van der Waals surface area (Å²) in [4.78, 5) is 0. The molecule has 44 heavy (non-hydrogen) atoms. The molecule has 1 heterocycles. The van der Waals surface area contributed by atoms with Gasteiger partial charge in [0.1, 0.15) is 0 Å². The van der Waals surface area contributed by atoms with Crippen molar-refractivity contribution in [1.82, 2.24) is 4.57 Å². The third kappa shape index (κ3) is 5.77. The summed E-state index contributed by atoms with van der Waals surface area (Å²) >= 11 is 3.84. The third-order valence-corrected chi connectivity index (χ3v) is 9.35. The number of hydrogen-bond donors (Lipinski definition) is 0. The van der Waals surface area contributed by atoms with Crippen molar-refractivity contribution in [3.8, 4) is 27.9 Å². The molecular weight excluding hydrogens is 598 g/mol. The van der Waals surface area contributed by atoms with E-state index in [1.807, 2.05) is 0 Å². The first-order chi connectivity index (χ1) is 20.6. The number of nitrogens with zero attached hydrogens (tertiary/aromatic N) is 1. The molecule has 0 atom stereocenters. The van der Waals surface area contributed by atoms with E-state index in [2.05, 4.69) is 186 Å². The first-order valence-electron chi connectivity index (χ1n) is 15.7. The van der Waals surface area contributed by atoms with E-state index >= 15 is 0 Å². The van der Waals surface area contributed by atoms with Gasteiger partial charge in [0.05, 0.1) is 11.0 Å². The second kappa shape index (κ2) is 10.8. The molecule has 1 aromatic heterocycles. The second-order valence-electron chi connectivity index (χ2n) is 15.4. The standard InChI is InChI=1S/C42H44BrN/c1-40(2,3)31-14-10-12-27(20-31)29-16-18-38-36(22-29)37-23-30(28-13-11-15-32(21-28)41(4,5)6)17-19-39(37)44(38)35-25-33(42(7,8)9)24-34(43)26-35/h10-26H,1-9H3. The number of aromatic nitrogens is 1. The van der Waals surface area contributed by atoms with Crippen molar-refractivity contribution in [3.05, 3.63) is 124 Å². The predicted octanol–water partition coefficient (Wildman–Crippen LogP) is 12.8. The summed E-state index contributed by atoms with van der Waals surface area (Å²) in [5, 5.41) is 2.54. The molecule has 0 N–H and O–H groups in total. The van der Waals surface area contributed by atoms with Gasteiger partial charge in [-0.25, -0.2) is 0 Å². The minimum absolute atomic E-state index is 0.0355. The quantitative estimate of drug-likeness (QED) is 0.181. The average molecular weight is 643 g/mol. The van der Waals surface area contributed by atoms with Crippen LogP contribution in [-0.2, 0) is 16.2 Å². The van der Waals surface area contributed by atoms with E-state index in [1.165, 1.54) is 66.4 Å². The van der Waals surface area contributed by atoms with E-state index in [9.17, 15) is 0 Å². The Balaban J connectivity index is 1.63. The first-order valence-corrected chi connectivity index (χ1v) is 16.5. The minimum Gasteiger partial charge on any atom is -0.309 e. The van der Waals surface area contributed by atoms with Gasteiger partial charge < -0.3 is 4.57 Å². The Morgan fingerprint density at radius 1 is 0.432 bits per heavy atom. The number of halogens is 1. The molecule has 0 aliphatic carbocycles. The highest BCUT2D eigenvalue weighted by atomic mass is 79.9. The zero-order valence-corrected chi connectivity index (χ0v) is 29.2. The topological polar surface area (TPSA) is 4.93 Å². The van der Waals surface area contributed by atoms with Crippen LogP contribution in [0.1, 0.15) is 79.0 Å². The van der Waals surface area contributed by atoms with Gasteiger partial charge in [-0.05, 0) is 97.7 Å². The first kappa shape index (κ1) is 30.4. The van der Waals surface area contributed by atoms with Crippen LogP contribution in [0.5, 0.6) is 0 Å². The lowest BCUT2D eigenvalue weighted by Gasteiger charge is -2.21. The maximum absolute atomic E-state index is 3.84. The van der Waals surface area contributed by atoms with Gasteiger partial charge in [-0.15, -0.1) is 0 Å². The van der Waals surface area contributed by atoms with Gasteiger partial charge in [0, 0.05) is 20.9 Å². The van der Waals surface area contributed by atoms with Crippen LogP contribution in [0, 0.1) is 0 Å². The number of hydrogen-bond acceptors (Lipinski definition) is 0. The fraction of sp³-hybridized carbons (Fsp3) is 0.286. The van der Waals surface area contributed by atoms with E-state index in [-0.39, 0.29) is 16.2 Å². The van der Waals surface area contributed by atoms with Crippen LogP contribution >= 0.6 is 15.9 Å². The van der Waals surface area contributed by atoms with Crippen LogP contribution in [0.25, 0.3) is 49.7 Å². The monoisotopic (exact) mass is 641 g/mol. The Kier molecular flexibility index (Phi) is 7.45. The maximum atomic E-state index is 3.84. The van der Waals surface area contributed by atoms with Crippen molar-refractivity contribution in [2.45, 2.75) is 78.6 Å². The molecule has 0 radical (unpaired) electrons. The minimum atomic E-state index is 0.0355. The van der Waals surface area contributed by atoms with Crippen molar-refractivity contribution in [2.24, 2.45) is 0 Å². The van der Waals surface area contributed by atoms with Crippen LogP contribution in [-0.4, -0.2) is 4.57 Å². The van der Waals surface area contributed by atoms with Crippen molar-refractivity contribution in [1.29, 1.82) is 0 Å². The largest absolute Gasteiger partial charge is 0.309 e. The lowest BCUT2D eigenvalue weighted by Crippen LogP contribution is -2.11. The zero-order valence-electron chi connectivity index (χ0n) is 27.6. The van der Waals surface area contributed by atoms with E-state index in [0.717, 1.165) is 4.47 Å². The van der Waals surface area contributed by atoms with Gasteiger partial charge in [0.25, 0.3) is 0 Å². The molecule has 0 aliphatic heterocycles. The molecule has 5 aromatic carbocycles. The Morgan fingerprint density at radius 2 is 0.864 bits per heavy atom. The van der Waals surface area contributed by atoms with Crippen molar-refractivity contribution in [2.75, 3.05) is 0 Å². The summed E-state index contributed by atoms with van der Waals surface area (Å²) in [6, 6.07) is 38.9. The molecule has 0 bridgehead atoms. The van der Waals surface area contributed by atoms with Gasteiger partial charge in [0.2, 0.25) is 0 Å². The SMILES string of the molecule is CC(C)(C)c1cccc(-c2ccc3c(c2)c2cc(-c4cccc(C(C)(C)C)c4)ccc2n3-c2cc(Br)cc(C(C)(C)C)c2)c1. The molecule has 224 valence electrons. The summed E-state index contributed by atoms with van der Waals surface area (Å²) in [7, 11) is 0.